The summed E-state index contributed by atoms with van der Waals surface area (Å²) in [5.74, 6) is -1.46. The van der Waals surface area contributed by atoms with E-state index in [4.69, 9.17) is 15.6 Å². The molecule has 0 radical (unpaired) electrons. The minimum atomic E-state index is -0.817. The molecule has 2 atom stereocenters. The molecule has 16 heavy (non-hydrogen) atoms. The molecular formula is C10H20N2O4. The SMILES string of the molecule is COC(CN)C(=O)NCCCC(C)C(=O)O. The Morgan fingerprint density at radius 3 is 2.56 bits per heavy atom. The van der Waals surface area contributed by atoms with E-state index in [9.17, 15) is 9.59 Å². The quantitative estimate of drug-likeness (QED) is 0.493. The van der Waals surface area contributed by atoms with Crippen LogP contribution in [-0.4, -0.2) is 43.3 Å². The van der Waals surface area contributed by atoms with Crippen LogP contribution in [0.25, 0.3) is 0 Å². The van der Waals surface area contributed by atoms with E-state index in [1.807, 2.05) is 0 Å². The summed E-state index contributed by atoms with van der Waals surface area (Å²) in [4.78, 5) is 21.9. The average Bonchev–Trinajstić information content (AvgIpc) is 2.25. The molecule has 0 saturated heterocycles. The van der Waals surface area contributed by atoms with E-state index >= 15 is 0 Å². The predicted molar refractivity (Wildman–Crippen MR) is 58.9 cm³/mol. The Morgan fingerprint density at radius 2 is 2.12 bits per heavy atom. The molecule has 0 aliphatic heterocycles. The molecule has 0 heterocycles. The van der Waals surface area contributed by atoms with Crippen LogP contribution in [0.5, 0.6) is 0 Å². The molecule has 0 spiro atoms. The lowest BCUT2D eigenvalue weighted by atomic mass is 10.1. The van der Waals surface area contributed by atoms with Crippen molar-refractivity contribution in [3.05, 3.63) is 0 Å². The Kier molecular flexibility index (Phi) is 7.49. The highest BCUT2D eigenvalue weighted by Gasteiger charge is 2.15. The van der Waals surface area contributed by atoms with E-state index in [0.29, 0.717) is 19.4 Å². The number of carbonyl (C=O) groups is 2. The number of carboxylic acids is 1. The van der Waals surface area contributed by atoms with E-state index < -0.39 is 12.1 Å². The molecule has 6 heteroatoms. The van der Waals surface area contributed by atoms with Crippen molar-refractivity contribution in [1.82, 2.24) is 5.32 Å². The molecule has 0 aromatic rings. The zero-order chi connectivity index (χ0) is 12.6. The van der Waals surface area contributed by atoms with Crippen molar-refractivity contribution < 1.29 is 19.4 Å². The van der Waals surface area contributed by atoms with Crippen LogP contribution in [-0.2, 0) is 14.3 Å². The van der Waals surface area contributed by atoms with Gasteiger partial charge in [-0.25, -0.2) is 0 Å². The molecule has 0 fully saturated rings. The average molecular weight is 232 g/mol. The Labute approximate surface area is 95.1 Å². The second kappa shape index (κ2) is 8.06. The molecule has 0 rings (SSSR count). The zero-order valence-corrected chi connectivity index (χ0v) is 9.73. The minimum Gasteiger partial charge on any atom is -0.481 e. The van der Waals surface area contributed by atoms with Gasteiger partial charge in [-0.3, -0.25) is 9.59 Å². The number of methoxy groups -OCH3 is 1. The number of rotatable bonds is 8. The topological polar surface area (TPSA) is 102 Å². The number of nitrogens with two attached hydrogens (primary N) is 1. The van der Waals surface area contributed by atoms with Gasteiger partial charge in [-0.1, -0.05) is 6.92 Å². The summed E-state index contributed by atoms with van der Waals surface area (Å²) in [6, 6.07) is 0. The number of amides is 1. The van der Waals surface area contributed by atoms with E-state index in [1.54, 1.807) is 6.92 Å². The first kappa shape index (κ1) is 14.9. The maximum absolute atomic E-state index is 11.4. The molecule has 0 aliphatic rings. The number of ether oxygens (including phenoxy) is 1. The largest absolute Gasteiger partial charge is 0.481 e. The fourth-order valence-electron chi connectivity index (χ4n) is 1.17. The molecule has 0 aliphatic carbocycles. The van der Waals surface area contributed by atoms with Gasteiger partial charge < -0.3 is 20.9 Å². The van der Waals surface area contributed by atoms with Crippen molar-refractivity contribution in [2.45, 2.75) is 25.9 Å². The van der Waals surface area contributed by atoms with Gasteiger partial charge in [0.2, 0.25) is 5.91 Å². The molecule has 0 bridgehead atoms. The number of nitrogens with one attached hydrogen (secondary N) is 1. The molecule has 0 aromatic heterocycles. The van der Waals surface area contributed by atoms with E-state index in [0.717, 1.165) is 0 Å². The molecule has 0 saturated carbocycles. The molecule has 94 valence electrons. The number of aliphatic carboxylic acids is 1. The van der Waals surface area contributed by atoms with Gasteiger partial charge in [0.25, 0.3) is 0 Å². The van der Waals surface area contributed by atoms with Crippen LogP contribution in [0.15, 0.2) is 0 Å². The second-order valence-corrected chi connectivity index (χ2v) is 3.63. The lowest BCUT2D eigenvalue weighted by Gasteiger charge is -2.13. The van der Waals surface area contributed by atoms with Gasteiger partial charge >= 0.3 is 5.97 Å². The molecule has 2 unspecified atom stereocenters. The molecule has 1 amide bonds. The first-order valence-electron chi connectivity index (χ1n) is 5.26. The summed E-state index contributed by atoms with van der Waals surface area (Å²) in [6.07, 6.45) is 0.535. The molecular weight excluding hydrogens is 212 g/mol. The zero-order valence-electron chi connectivity index (χ0n) is 9.73. The van der Waals surface area contributed by atoms with Crippen molar-refractivity contribution in [2.75, 3.05) is 20.2 Å². The normalized spacial score (nSPS) is 14.2. The van der Waals surface area contributed by atoms with Crippen molar-refractivity contribution in [3.8, 4) is 0 Å². The third kappa shape index (κ3) is 5.67. The van der Waals surface area contributed by atoms with Gasteiger partial charge in [0.1, 0.15) is 6.10 Å². The van der Waals surface area contributed by atoms with Crippen LogP contribution in [0.2, 0.25) is 0 Å². The van der Waals surface area contributed by atoms with Crippen LogP contribution in [0.1, 0.15) is 19.8 Å². The summed E-state index contributed by atoms with van der Waals surface area (Å²) in [6.45, 7) is 2.21. The first-order valence-corrected chi connectivity index (χ1v) is 5.26. The number of hydrogen-bond acceptors (Lipinski definition) is 4. The van der Waals surface area contributed by atoms with Crippen molar-refractivity contribution in [1.29, 1.82) is 0 Å². The van der Waals surface area contributed by atoms with Crippen molar-refractivity contribution in [3.63, 3.8) is 0 Å². The summed E-state index contributed by atoms with van der Waals surface area (Å²) in [7, 11) is 1.42. The van der Waals surface area contributed by atoms with Crippen LogP contribution in [0.4, 0.5) is 0 Å². The fraction of sp³-hybridized carbons (Fsp3) is 0.800. The summed E-state index contributed by atoms with van der Waals surface area (Å²) >= 11 is 0. The van der Waals surface area contributed by atoms with Gasteiger partial charge in [-0.05, 0) is 12.8 Å². The molecule has 0 aromatic carbocycles. The standard InChI is InChI=1S/C10H20N2O4/c1-7(10(14)15)4-3-5-12-9(13)8(6-11)16-2/h7-8H,3-6,11H2,1-2H3,(H,12,13)(H,14,15). The van der Waals surface area contributed by atoms with Crippen LogP contribution in [0, 0.1) is 5.92 Å². The molecule has 6 nitrogen and oxygen atoms in total. The Morgan fingerprint density at radius 1 is 1.50 bits per heavy atom. The van der Waals surface area contributed by atoms with Gasteiger partial charge in [-0.15, -0.1) is 0 Å². The number of carboxylic acid groups (broad SMARTS) is 1. The summed E-state index contributed by atoms with van der Waals surface area (Å²) < 4.78 is 4.85. The van der Waals surface area contributed by atoms with Gasteiger partial charge in [0.15, 0.2) is 0 Å². The Balaban J connectivity index is 3.66. The minimum absolute atomic E-state index is 0.133. The van der Waals surface area contributed by atoms with E-state index in [-0.39, 0.29) is 18.4 Å². The van der Waals surface area contributed by atoms with Gasteiger partial charge in [0.05, 0.1) is 5.92 Å². The molecule has 4 N–H and O–H groups in total. The smallest absolute Gasteiger partial charge is 0.306 e. The van der Waals surface area contributed by atoms with E-state index in [2.05, 4.69) is 5.32 Å². The monoisotopic (exact) mass is 232 g/mol. The Hall–Kier alpha value is -1.14. The maximum Gasteiger partial charge on any atom is 0.306 e. The maximum atomic E-state index is 11.4. The fourth-order valence-corrected chi connectivity index (χ4v) is 1.17. The van der Waals surface area contributed by atoms with E-state index in [1.165, 1.54) is 7.11 Å². The van der Waals surface area contributed by atoms with Gasteiger partial charge in [0, 0.05) is 20.2 Å². The van der Waals surface area contributed by atoms with Crippen LogP contribution >= 0.6 is 0 Å². The second-order valence-electron chi connectivity index (χ2n) is 3.63. The number of hydrogen-bond donors (Lipinski definition) is 3. The lowest BCUT2D eigenvalue weighted by Crippen LogP contribution is -2.41. The summed E-state index contributed by atoms with van der Waals surface area (Å²) in [5.41, 5.74) is 5.31. The third-order valence-corrected chi connectivity index (χ3v) is 2.33. The van der Waals surface area contributed by atoms with Gasteiger partial charge in [-0.2, -0.15) is 0 Å². The summed E-state index contributed by atoms with van der Waals surface area (Å²) in [5, 5.41) is 11.3. The number of carbonyl (C=O) groups excluding carboxylic acids is 1. The Bertz CT molecular complexity index is 229. The third-order valence-electron chi connectivity index (χ3n) is 2.33. The van der Waals surface area contributed by atoms with Crippen molar-refractivity contribution >= 4 is 11.9 Å². The van der Waals surface area contributed by atoms with Crippen molar-refractivity contribution in [2.24, 2.45) is 11.7 Å². The first-order chi connectivity index (χ1) is 7.52. The predicted octanol–water partition coefficient (Wildman–Crippen LogP) is -0.423. The van der Waals surface area contributed by atoms with Crippen LogP contribution < -0.4 is 11.1 Å². The highest BCUT2D eigenvalue weighted by Crippen LogP contribution is 2.04. The highest BCUT2D eigenvalue weighted by atomic mass is 16.5. The lowest BCUT2D eigenvalue weighted by molar-refractivity contribution is -0.141. The highest BCUT2D eigenvalue weighted by molar-refractivity contribution is 5.80. The van der Waals surface area contributed by atoms with Crippen LogP contribution in [0.3, 0.4) is 0 Å².